The number of halogens is 3. The second kappa shape index (κ2) is 7.82. The van der Waals surface area contributed by atoms with Gasteiger partial charge in [0.1, 0.15) is 12.9 Å². The van der Waals surface area contributed by atoms with Crippen LogP contribution in [0, 0.1) is 0 Å². The number of hydrogen-bond acceptors (Lipinski definition) is 5. The molecule has 0 aliphatic rings. The second-order valence-electron chi connectivity index (χ2n) is 5.98. The summed E-state index contributed by atoms with van der Waals surface area (Å²) in [5.74, 6) is -0.496. The standard InChI is InChI=1S/C18H11Cl3N6O2/c19-11-6-13(21)14(7-12(11)20)23-15(28)8-26-9-22-17-16(18(26)29)24-25-27(17)10-4-2-1-3-5-10/h1-7,9H,8H2,(H,23,28). The van der Waals surface area contributed by atoms with Gasteiger partial charge in [0.15, 0.2) is 11.2 Å². The third-order valence-electron chi connectivity index (χ3n) is 4.03. The number of rotatable bonds is 4. The molecule has 2 aromatic heterocycles. The molecule has 146 valence electrons. The molecule has 4 rings (SSSR count). The molecule has 0 fully saturated rings. The summed E-state index contributed by atoms with van der Waals surface area (Å²) in [5, 5.41) is 11.2. The van der Waals surface area contributed by atoms with Gasteiger partial charge in [0.25, 0.3) is 5.56 Å². The van der Waals surface area contributed by atoms with E-state index < -0.39 is 11.5 Å². The fraction of sp³-hybridized carbons (Fsp3) is 0.0556. The Balaban J connectivity index is 1.60. The van der Waals surface area contributed by atoms with Crippen LogP contribution in [-0.2, 0) is 11.3 Å². The Bertz CT molecular complexity index is 1290. The number of nitrogens with one attached hydrogen (secondary N) is 1. The summed E-state index contributed by atoms with van der Waals surface area (Å²) in [7, 11) is 0. The van der Waals surface area contributed by atoms with Gasteiger partial charge < -0.3 is 5.32 Å². The quantitative estimate of drug-likeness (QED) is 0.481. The first-order chi connectivity index (χ1) is 13.9. The topological polar surface area (TPSA) is 94.7 Å². The minimum atomic E-state index is -0.496. The van der Waals surface area contributed by atoms with E-state index in [2.05, 4.69) is 20.6 Å². The van der Waals surface area contributed by atoms with Crippen LogP contribution in [0.3, 0.4) is 0 Å². The minimum absolute atomic E-state index is 0.0525. The maximum Gasteiger partial charge on any atom is 0.284 e. The molecule has 0 atom stereocenters. The number of nitrogens with zero attached hydrogens (tertiary/aromatic N) is 5. The highest BCUT2D eigenvalue weighted by Gasteiger charge is 2.15. The van der Waals surface area contributed by atoms with Crippen LogP contribution in [0.2, 0.25) is 15.1 Å². The summed E-state index contributed by atoms with van der Waals surface area (Å²) in [6.45, 7) is -0.295. The van der Waals surface area contributed by atoms with Crippen LogP contribution in [0.5, 0.6) is 0 Å². The van der Waals surface area contributed by atoms with Gasteiger partial charge in [-0.1, -0.05) is 58.2 Å². The number of carbonyl (C=O) groups is 1. The Hall–Kier alpha value is -2.94. The van der Waals surface area contributed by atoms with Gasteiger partial charge >= 0.3 is 0 Å². The molecule has 0 bridgehead atoms. The van der Waals surface area contributed by atoms with E-state index in [0.717, 1.165) is 4.57 Å². The molecule has 4 aromatic rings. The van der Waals surface area contributed by atoms with Crippen molar-refractivity contribution in [3.8, 4) is 5.69 Å². The summed E-state index contributed by atoms with van der Waals surface area (Å²) >= 11 is 17.9. The zero-order valence-corrected chi connectivity index (χ0v) is 16.8. The monoisotopic (exact) mass is 448 g/mol. The predicted octanol–water partition coefficient (Wildman–Crippen LogP) is 3.58. The van der Waals surface area contributed by atoms with Crippen LogP contribution in [0.4, 0.5) is 5.69 Å². The lowest BCUT2D eigenvalue weighted by Gasteiger charge is -2.10. The van der Waals surface area contributed by atoms with E-state index in [-0.39, 0.29) is 32.8 Å². The van der Waals surface area contributed by atoms with Crippen LogP contribution in [0.25, 0.3) is 16.9 Å². The largest absolute Gasteiger partial charge is 0.323 e. The average Bonchev–Trinajstić information content (AvgIpc) is 3.14. The average molecular weight is 450 g/mol. The van der Waals surface area contributed by atoms with Gasteiger partial charge in [-0.25, -0.2) is 4.98 Å². The molecule has 0 saturated carbocycles. The predicted molar refractivity (Wildman–Crippen MR) is 111 cm³/mol. The Labute approximate surface area is 178 Å². The summed E-state index contributed by atoms with van der Waals surface area (Å²) in [6.07, 6.45) is 1.27. The normalized spacial score (nSPS) is 11.0. The molecule has 0 aliphatic carbocycles. The van der Waals surface area contributed by atoms with Gasteiger partial charge in [-0.3, -0.25) is 14.2 Å². The fourth-order valence-electron chi connectivity index (χ4n) is 2.66. The SMILES string of the molecule is O=C(Cn1cnc2c(nnn2-c2ccccc2)c1=O)Nc1cc(Cl)c(Cl)cc1Cl. The van der Waals surface area contributed by atoms with E-state index in [0.29, 0.717) is 11.3 Å². The molecule has 1 amide bonds. The smallest absolute Gasteiger partial charge is 0.284 e. The van der Waals surface area contributed by atoms with Crippen molar-refractivity contribution in [3.63, 3.8) is 0 Å². The number of amides is 1. The Morgan fingerprint density at radius 3 is 2.52 bits per heavy atom. The van der Waals surface area contributed by atoms with Crippen molar-refractivity contribution >= 4 is 57.6 Å². The lowest BCUT2D eigenvalue weighted by molar-refractivity contribution is -0.116. The first-order valence-electron chi connectivity index (χ1n) is 8.24. The Morgan fingerprint density at radius 2 is 1.76 bits per heavy atom. The first-order valence-corrected chi connectivity index (χ1v) is 9.38. The third kappa shape index (κ3) is 3.82. The van der Waals surface area contributed by atoms with Crippen molar-refractivity contribution in [1.29, 1.82) is 0 Å². The Kier molecular flexibility index (Phi) is 5.23. The number of carbonyl (C=O) groups excluding carboxylic acids is 1. The maximum absolute atomic E-state index is 12.7. The number of para-hydroxylation sites is 1. The number of hydrogen-bond donors (Lipinski definition) is 1. The molecule has 0 aliphatic heterocycles. The summed E-state index contributed by atoms with van der Waals surface area (Å²) in [4.78, 5) is 29.3. The number of benzene rings is 2. The molecule has 0 spiro atoms. The number of aromatic nitrogens is 5. The minimum Gasteiger partial charge on any atom is -0.323 e. The van der Waals surface area contributed by atoms with E-state index >= 15 is 0 Å². The van der Waals surface area contributed by atoms with E-state index in [1.807, 2.05) is 30.3 Å². The molecule has 8 nitrogen and oxygen atoms in total. The van der Waals surface area contributed by atoms with Crippen molar-refractivity contribution in [2.75, 3.05) is 5.32 Å². The first kappa shape index (κ1) is 19.4. The highest BCUT2D eigenvalue weighted by Crippen LogP contribution is 2.32. The van der Waals surface area contributed by atoms with Crippen molar-refractivity contribution in [3.05, 3.63) is 74.2 Å². The van der Waals surface area contributed by atoms with Gasteiger partial charge in [0.05, 0.1) is 26.4 Å². The molecule has 2 heterocycles. The molecule has 0 radical (unpaired) electrons. The van der Waals surface area contributed by atoms with Gasteiger partial charge in [-0.05, 0) is 24.3 Å². The molecule has 0 unspecified atom stereocenters. The maximum atomic E-state index is 12.7. The van der Waals surface area contributed by atoms with Crippen LogP contribution in [0.15, 0.2) is 53.6 Å². The van der Waals surface area contributed by atoms with Crippen LogP contribution >= 0.6 is 34.8 Å². The highest BCUT2D eigenvalue weighted by molar-refractivity contribution is 6.44. The van der Waals surface area contributed by atoms with Crippen LogP contribution in [-0.4, -0.2) is 30.5 Å². The van der Waals surface area contributed by atoms with Gasteiger partial charge in [0.2, 0.25) is 5.91 Å². The molecule has 11 heteroatoms. The molecule has 29 heavy (non-hydrogen) atoms. The van der Waals surface area contributed by atoms with Gasteiger partial charge in [0, 0.05) is 0 Å². The van der Waals surface area contributed by atoms with E-state index in [1.54, 1.807) is 0 Å². The summed E-state index contributed by atoms with van der Waals surface area (Å²) in [6, 6.07) is 12.0. The second-order valence-corrected chi connectivity index (χ2v) is 7.20. The van der Waals surface area contributed by atoms with E-state index in [9.17, 15) is 9.59 Å². The number of fused-ring (bicyclic) bond motifs is 1. The number of anilines is 1. The zero-order valence-electron chi connectivity index (χ0n) is 14.5. The van der Waals surface area contributed by atoms with Crippen molar-refractivity contribution in [1.82, 2.24) is 24.5 Å². The van der Waals surface area contributed by atoms with Crippen molar-refractivity contribution in [2.24, 2.45) is 0 Å². The zero-order chi connectivity index (χ0) is 20.5. The van der Waals surface area contributed by atoms with E-state index in [4.69, 9.17) is 34.8 Å². The van der Waals surface area contributed by atoms with Crippen molar-refractivity contribution < 1.29 is 4.79 Å². The molecule has 0 saturated heterocycles. The molecular formula is C18H11Cl3N6O2. The summed E-state index contributed by atoms with van der Waals surface area (Å²) < 4.78 is 2.59. The van der Waals surface area contributed by atoms with Crippen molar-refractivity contribution in [2.45, 2.75) is 6.54 Å². The lowest BCUT2D eigenvalue weighted by atomic mass is 10.3. The molecule has 2 aromatic carbocycles. The van der Waals surface area contributed by atoms with Crippen LogP contribution in [0.1, 0.15) is 0 Å². The molecular weight excluding hydrogens is 439 g/mol. The van der Waals surface area contributed by atoms with Crippen LogP contribution < -0.4 is 10.9 Å². The van der Waals surface area contributed by atoms with Gasteiger partial charge in [-0.15, -0.1) is 5.10 Å². The van der Waals surface area contributed by atoms with Gasteiger partial charge in [-0.2, -0.15) is 4.68 Å². The molecule has 1 N–H and O–H groups in total. The fourth-order valence-corrected chi connectivity index (χ4v) is 3.26. The highest BCUT2D eigenvalue weighted by atomic mass is 35.5. The lowest BCUT2D eigenvalue weighted by Crippen LogP contribution is -2.28. The third-order valence-corrected chi connectivity index (χ3v) is 5.06. The summed E-state index contributed by atoms with van der Waals surface area (Å²) in [5.41, 5.74) is 0.851. The Morgan fingerprint density at radius 1 is 1.03 bits per heavy atom. The van der Waals surface area contributed by atoms with E-state index in [1.165, 1.54) is 23.1 Å².